The maximum Gasteiger partial charge on any atom is 0.404 e. The van der Waals surface area contributed by atoms with E-state index in [1.165, 1.54) is 7.11 Å². The summed E-state index contributed by atoms with van der Waals surface area (Å²) in [5.41, 5.74) is 4.72. The first-order valence-corrected chi connectivity index (χ1v) is 4.83. The Morgan fingerprint density at radius 2 is 1.82 bits per heavy atom. The van der Waals surface area contributed by atoms with E-state index in [-0.39, 0.29) is 6.61 Å². The van der Waals surface area contributed by atoms with Gasteiger partial charge in [0.2, 0.25) is 5.78 Å². The molecule has 1 amide bonds. The minimum atomic E-state index is -0.990. The number of benzene rings is 1. The number of methoxy groups -OCH3 is 1. The molecule has 1 rings (SSSR count). The number of nitrogens with two attached hydrogens (primary N) is 1. The van der Waals surface area contributed by atoms with Crippen LogP contribution >= 0.6 is 0 Å². The average molecular weight is 239 g/mol. The van der Waals surface area contributed by atoms with Crippen molar-refractivity contribution < 1.29 is 23.8 Å². The van der Waals surface area contributed by atoms with E-state index in [9.17, 15) is 9.59 Å². The molecule has 0 aliphatic rings. The number of hydrogen-bond donors (Lipinski definition) is 1. The Morgan fingerprint density at radius 3 is 2.41 bits per heavy atom. The lowest BCUT2D eigenvalue weighted by Gasteiger charge is -2.09. The van der Waals surface area contributed by atoms with Crippen LogP contribution in [0.2, 0.25) is 0 Å². The van der Waals surface area contributed by atoms with Crippen LogP contribution < -0.4 is 15.2 Å². The van der Waals surface area contributed by atoms with E-state index in [1.54, 1.807) is 24.3 Å². The van der Waals surface area contributed by atoms with Crippen molar-refractivity contribution in [3.8, 4) is 11.5 Å². The van der Waals surface area contributed by atoms with E-state index in [0.29, 0.717) is 11.5 Å². The molecule has 0 aliphatic heterocycles. The number of hydrogen-bond acceptors (Lipinski definition) is 5. The van der Waals surface area contributed by atoms with Crippen molar-refractivity contribution in [2.24, 2.45) is 5.73 Å². The topological polar surface area (TPSA) is 87.8 Å². The number of primary amides is 1. The maximum atomic E-state index is 11.2. The van der Waals surface area contributed by atoms with Gasteiger partial charge in [-0.3, -0.25) is 4.79 Å². The molecule has 2 N–H and O–H groups in total. The zero-order valence-electron chi connectivity index (χ0n) is 9.34. The Bertz CT molecular complexity index is 405. The summed E-state index contributed by atoms with van der Waals surface area (Å²) in [5, 5.41) is 0. The van der Waals surface area contributed by atoms with Crippen LogP contribution in [0.1, 0.15) is 0 Å². The molecule has 0 aliphatic carbocycles. The van der Waals surface area contributed by atoms with Gasteiger partial charge in [0.15, 0.2) is 24.7 Å². The van der Waals surface area contributed by atoms with Crippen molar-refractivity contribution in [1.29, 1.82) is 0 Å². The van der Waals surface area contributed by atoms with Crippen molar-refractivity contribution in [2.75, 3.05) is 20.3 Å². The van der Waals surface area contributed by atoms with Crippen LogP contribution in [0.25, 0.3) is 0 Å². The molecule has 1 aromatic carbocycles. The van der Waals surface area contributed by atoms with E-state index in [4.69, 9.17) is 15.2 Å². The molecule has 0 atom stereocenters. The molecule has 6 nitrogen and oxygen atoms in total. The molecule has 0 spiro atoms. The third-order valence-electron chi connectivity index (χ3n) is 1.83. The fraction of sp³-hybridized carbons (Fsp3) is 0.273. The predicted molar refractivity (Wildman–Crippen MR) is 59.0 cm³/mol. The maximum absolute atomic E-state index is 11.2. The summed E-state index contributed by atoms with van der Waals surface area (Å²) in [4.78, 5) is 21.5. The fourth-order valence-electron chi connectivity index (χ4n) is 1.09. The Morgan fingerprint density at radius 1 is 1.18 bits per heavy atom. The van der Waals surface area contributed by atoms with Gasteiger partial charge >= 0.3 is 6.09 Å². The normalized spacial score (nSPS) is 9.47. The van der Waals surface area contributed by atoms with Crippen LogP contribution in [-0.4, -0.2) is 32.2 Å². The highest BCUT2D eigenvalue weighted by molar-refractivity contribution is 5.83. The van der Waals surface area contributed by atoms with Crippen molar-refractivity contribution in [2.45, 2.75) is 0 Å². The van der Waals surface area contributed by atoms with Gasteiger partial charge in [0, 0.05) is 0 Å². The molecule has 0 saturated heterocycles. The van der Waals surface area contributed by atoms with Crippen LogP contribution in [0.4, 0.5) is 4.79 Å². The highest BCUT2D eigenvalue weighted by Gasteiger charge is 2.08. The Labute approximate surface area is 98.3 Å². The lowest BCUT2D eigenvalue weighted by atomic mass is 10.3. The molecule has 0 aromatic heterocycles. The molecule has 1 aromatic rings. The second-order valence-electron chi connectivity index (χ2n) is 3.09. The largest absolute Gasteiger partial charge is 0.493 e. The molecule has 0 radical (unpaired) electrons. The van der Waals surface area contributed by atoms with Crippen LogP contribution in [0.15, 0.2) is 24.3 Å². The number of amides is 1. The number of ether oxygens (including phenoxy) is 3. The van der Waals surface area contributed by atoms with Gasteiger partial charge in [-0.15, -0.1) is 0 Å². The standard InChI is InChI=1S/C11H13NO5/c1-15-9-4-2-3-5-10(9)16-6-8(13)7-17-11(12)14/h2-5H,6-7H2,1H3,(H2,12,14). The monoisotopic (exact) mass is 239 g/mol. The van der Waals surface area contributed by atoms with Crippen LogP contribution in [-0.2, 0) is 9.53 Å². The summed E-state index contributed by atoms with van der Waals surface area (Å²) in [6.07, 6.45) is -0.990. The summed E-state index contributed by atoms with van der Waals surface area (Å²) in [6.45, 7) is -0.613. The number of ketones is 1. The highest BCUT2D eigenvalue weighted by atomic mass is 16.6. The average Bonchev–Trinajstić information content (AvgIpc) is 2.34. The second kappa shape index (κ2) is 6.37. The summed E-state index contributed by atoms with van der Waals surface area (Å²) >= 11 is 0. The summed E-state index contributed by atoms with van der Waals surface area (Å²) in [5.74, 6) is 0.577. The number of carbonyl (C=O) groups excluding carboxylic acids is 2. The van der Waals surface area contributed by atoms with E-state index < -0.39 is 18.5 Å². The molecule has 0 bridgehead atoms. The first-order chi connectivity index (χ1) is 8.13. The molecule has 0 saturated carbocycles. The van der Waals surface area contributed by atoms with Crippen molar-refractivity contribution in [3.05, 3.63) is 24.3 Å². The molecule has 92 valence electrons. The van der Waals surface area contributed by atoms with Crippen molar-refractivity contribution in [3.63, 3.8) is 0 Å². The predicted octanol–water partition coefficient (Wildman–Crippen LogP) is 0.738. The van der Waals surface area contributed by atoms with Crippen molar-refractivity contribution >= 4 is 11.9 Å². The molecule has 17 heavy (non-hydrogen) atoms. The third-order valence-corrected chi connectivity index (χ3v) is 1.83. The van der Waals surface area contributed by atoms with Gasteiger partial charge in [-0.1, -0.05) is 12.1 Å². The Kier molecular flexibility index (Phi) is 4.80. The smallest absolute Gasteiger partial charge is 0.404 e. The van der Waals surface area contributed by atoms with Crippen LogP contribution in [0.5, 0.6) is 11.5 Å². The molecule has 0 heterocycles. The molecule has 0 unspecified atom stereocenters. The van der Waals surface area contributed by atoms with Crippen LogP contribution in [0.3, 0.4) is 0 Å². The summed E-state index contributed by atoms with van der Waals surface area (Å²) in [6, 6.07) is 6.91. The fourth-order valence-corrected chi connectivity index (χ4v) is 1.09. The second-order valence-corrected chi connectivity index (χ2v) is 3.09. The van der Waals surface area contributed by atoms with Gasteiger partial charge in [-0.25, -0.2) is 4.79 Å². The zero-order valence-corrected chi connectivity index (χ0v) is 9.34. The minimum absolute atomic E-state index is 0.215. The van der Waals surface area contributed by atoms with E-state index in [2.05, 4.69) is 4.74 Å². The van der Waals surface area contributed by atoms with Crippen LogP contribution in [0, 0.1) is 0 Å². The van der Waals surface area contributed by atoms with Gasteiger partial charge in [0.1, 0.15) is 0 Å². The molecule has 6 heteroatoms. The number of para-hydroxylation sites is 2. The van der Waals surface area contributed by atoms with E-state index in [1.807, 2.05) is 0 Å². The first-order valence-electron chi connectivity index (χ1n) is 4.83. The lowest BCUT2D eigenvalue weighted by molar-refractivity contribution is -0.123. The van der Waals surface area contributed by atoms with Gasteiger partial charge in [-0.2, -0.15) is 0 Å². The number of Topliss-reactive ketones (excluding diaryl/α,β-unsaturated/α-hetero) is 1. The lowest BCUT2D eigenvalue weighted by Crippen LogP contribution is -2.22. The van der Waals surface area contributed by atoms with Gasteiger partial charge in [0.25, 0.3) is 0 Å². The number of rotatable bonds is 6. The quantitative estimate of drug-likeness (QED) is 0.790. The zero-order chi connectivity index (χ0) is 12.7. The summed E-state index contributed by atoms with van der Waals surface area (Å²) < 4.78 is 14.6. The third kappa shape index (κ3) is 4.42. The van der Waals surface area contributed by atoms with E-state index >= 15 is 0 Å². The minimum Gasteiger partial charge on any atom is -0.493 e. The Balaban J connectivity index is 2.44. The molecular weight excluding hydrogens is 226 g/mol. The van der Waals surface area contributed by atoms with Gasteiger partial charge in [0.05, 0.1) is 7.11 Å². The van der Waals surface area contributed by atoms with E-state index in [0.717, 1.165) is 0 Å². The molecule has 0 fully saturated rings. The van der Waals surface area contributed by atoms with Gasteiger partial charge in [-0.05, 0) is 12.1 Å². The van der Waals surface area contributed by atoms with Gasteiger partial charge < -0.3 is 19.9 Å². The first kappa shape index (κ1) is 12.8. The Hall–Kier alpha value is -2.24. The summed E-state index contributed by atoms with van der Waals surface area (Å²) in [7, 11) is 1.50. The SMILES string of the molecule is COc1ccccc1OCC(=O)COC(N)=O. The highest BCUT2D eigenvalue weighted by Crippen LogP contribution is 2.25. The van der Waals surface area contributed by atoms with Crippen molar-refractivity contribution in [1.82, 2.24) is 0 Å². The number of carbonyl (C=O) groups is 2. The molecular formula is C11H13NO5.